The number of carboxylic acid groups (broad SMARTS) is 1. The van der Waals surface area contributed by atoms with Crippen molar-refractivity contribution >= 4 is 36.0 Å². The minimum atomic E-state index is -0.974. The van der Waals surface area contributed by atoms with Gasteiger partial charge in [-0.15, -0.1) is 5.10 Å². The van der Waals surface area contributed by atoms with Crippen LogP contribution in [-0.2, 0) is 30.3 Å². The van der Waals surface area contributed by atoms with E-state index in [4.69, 9.17) is 25.1 Å². The number of tetrazole rings is 1. The van der Waals surface area contributed by atoms with Crippen molar-refractivity contribution in [1.82, 2.24) is 35.9 Å². The Bertz CT molecular complexity index is 1840. The van der Waals surface area contributed by atoms with E-state index in [2.05, 4.69) is 40.8 Å². The summed E-state index contributed by atoms with van der Waals surface area (Å²) in [6.45, 7) is 8.52. The smallest absolute Gasteiger partial charge is 0.407 e. The summed E-state index contributed by atoms with van der Waals surface area (Å²) in [6.07, 6.45) is 6.01. The first kappa shape index (κ1) is 40.4. The van der Waals surface area contributed by atoms with E-state index in [9.17, 15) is 14.4 Å². The van der Waals surface area contributed by atoms with E-state index < -0.39 is 23.6 Å². The lowest BCUT2D eigenvalue weighted by Gasteiger charge is -2.32. The number of amides is 3. The number of aromatic nitrogens is 6. The number of rotatable bonds is 10. The summed E-state index contributed by atoms with van der Waals surface area (Å²) in [5.74, 6) is 0.208. The van der Waals surface area contributed by atoms with Gasteiger partial charge in [0.25, 0.3) is 12.4 Å². The highest BCUT2D eigenvalue weighted by atomic mass is 16.6. The van der Waals surface area contributed by atoms with Crippen molar-refractivity contribution in [3.05, 3.63) is 66.5 Å². The zero-order valence-electron chi connectivity index (χ0n) is 31.3. The molecule has 0 radical (unpaired) electrons. The second-order valence-electron chi connectivity index (χ2n) is 14.4. The lowest BCUT2D eigenvalue weighted by molar-refractivity contribution is -0.130. The van der Waals surface area contributed by atoms with Gasteiger partial charge in [-0.3, -0.25) is 14.4 Å². The normalized spacial score (nSPS) is 17.6. The summed E-state index contributed by atoms with van der Waals surface area (Å²) >= 11 is 0. The minimum absolute atomic E-state index is 0.204. The molecule has 4 aromatic rings. The Hall–Kier alpha value is -5.81. The van der Waals surface area contributed by atoms with Gasteiger partial charge >= 0.3 is 6.09 Å². The molecule has 0 unspecified atom stereocenters. The van der Waals surface area contributed by atoms with Crippen LogP contribution in [-0.4, -0.2) is 105 Å². The molecule has 2 aliphatic rings. The molecule has 6 rings (SSSR count). The number of imide groups is 1. The van der Waals surface area contributed by atoms with Crippen LogP contribution in [0.25, 0.3) is 22.5 Å². The molecular weight excluding hydrogens is 708 g/mol. The fourth-order valence-electron chi connectivity index (χ4n) is 6.49. The number of H-pyrrole nitrogens is 1. The summed E-state index contributed by atoms with van der Waals surface area (Å²) in [5.41, 5.74) is 9.79. The number of nitrogens with two attached hydrogens (primary N) is 1. The average Bonchev–Trinajstić information content (AvgIpc) is 3.73. The van der Waals surface area contributed by atoms with Crippen LogP contribution >= 0.6 is 0 Å². The second kappa shape index (κ2) is 19.0. The average molecular weight is 757 g/mol. The Morgan fingerprint density at radius 3 is 2.20 bits per heavy atom. The number of benzene rings is 2. The van der Waals surface area contributed by atoms with E-state index in [-0.39, 0.29) is 30.6 Å². The maximum absolute atomic E-state index is 14.2. The van der Waals surface area contributed by atoms with Crippen LogP contribution in [0, 0.1) is 11.8 Å². The van der Waals surface area contributed by atoms with Crippen LogP contribution in [0.4, 0.5) is 16.4 Å². The SMILES string of the molecule is CC(C)(C)OC(=O)NC[C@H]1CC[C@H](C(=O)N(C(=O)[C@@H](N)Cc2ccc(-c3cnc(N4CCOCC4)nc3)cc2)c2ccc(-c3nnn[nH]3)cc2)CC1.O=CO. The van der Waals surface area contributed by atoms with Crippen LogP contribution in [0.1, 0.15) is 52.0 Å². The monoisotopic (exact) mass is 756 g/mol. The number of aromatic amines is 1. The van der Waals surface area contributed by atoms with Crippen LogP contribution in [0.5, 0.6) is 0 Å². The third kappa shape index (κ3) is 11.3. The number of nitrogens with one attached hydrogen (secondary N) is 2. The van der Waals surface area contributed by atoms with E-state index in [1.165, 1.54) is 4.90 Å². The number of anilines is 2. The number of carbonyl (C=O) groups excluding carboxylic acids is 3. The van der Waals surface area contributed by atoms with Crippen molar-refractivity contribution in [3.63, 3.8) is 0 Å². The largest absolute Gasteiger partial charge is 0.483 e. The summed E-state index contributed by atoms with van der Waals surface area (Å²) in [5, 5.41) is 23.7. The molecule has 3 amide bonds. The Kier molecular flexibility index (Phi) is 13.9. The van der Waals surface area contributed by atoms with E-state index in [1.807, 2.05) is 45.0 Å². The maximum atomic E-state index is 14.2. The quantitative estimate of drug-likeness (QED) is 0.169. The zero-order valence-corrected chi connectivity index (χ0v) is 31.3. The molecule has 3 heterocycles. The van der Waals surface area contributed by atoms with Gasteiger partial charge in [0.2, 0.25) is 11.9 Å². The number of hydrogen-bond acceptors (Lipinski definition) is 13. The first-order chi connectivity index (χ1) is 26.5. The third-order valence-electron chi connectivity index (χ3n) is 9.31. The van der Waals surface area contributed by atoms with Crippen molar-refractivity contribution in [3.8, 4) is 22.5 Å². The fourth-order valence-corrected chi connectivity index (χ4v) is 6.49. The topological polar surface area (TPSA) is 232 Å². The van der Waals surface area contributed by atoms with E-state index >= 15 is 0 Å². The third-order valence-corrected chi connectivity index (χ3v) is 9.31. The molecule has 17 heteroatoms. The van der Waals surface area contributed by atoms with Crippen molar-refractivity contribution in [1.29, 1.82) is 0 Å². The van der Waals surface area contributed by atoms with E-state index in [0.717, 1.165) is 42.6 Å². The van der Waals surface area contributed by atoms with Gasteiger partial charge in [-0.05, 0) is 105 Å². The molecule has 1 aliphatic carbocycles. The summed E-state index contributed by atoms with van der Waals surface area (Å²) < 4.78 is 10.8. The van der Waals surface area contributed by atoms with E-state index in [1.54, 1.807) is 36.7 Å². The summed E-state index contributed by atoms with van der Waals surface area (Å²) in [7, 11) is 0. The summed E-state index contributed by atoms with van der Waals surface area (Å²) in [6, 6.07) is 13.7. The molecule has 292 valence electrons. The fraction of sp³-hybridized carbons (Fsp3) is 0.447. The van der Waals surface area contributed by atoms with Crippen molar-refractivity contribution in [2.45, 2.75) is 64.5 Å². The first-order valence-corrected chi connectivity index (χ1v) is 18.2. The number of morpholine rings is 1. The number of hydrogen-bond donors (Lipinski definition) is 4. The predicted molar refractivity (Wildman–Crippen MR) is 203 cm³/mol. The number of carbonyl (C=O) groups is 4. The highest BCUT2D eigenvalue weighted by Crippen LogP contribution is 2.32. The first-order valence-electron chi connectivity index (χ1n) is 18.2. The summed E-state index contributed by atoms with van der Waals surface area (Å²) in [4.78, 5) is 61.2. The minimum Gasteiger partial charge on any atom is -0.483 e. The molecule has 1 aliphatic heterocycles. The molecule has 2 aromatic carbocycles. The van der Waals surface area contributed by atoms with Crippen LogP contribution < -0.4 is 20.9 Å². The van der Waals surface area contributed by atoms with Gasteiger partial charge in [0.1, 0.15) is 5.60 Å². The zero-order chi connectivity index (χ0) is 39.4. The van der Waals surface area contributed by atoms with Crippen LogP contribution in [0.2, 0.25) is 0 Å². The Morgan fingerprint density at radius 2 is 1.62 bits per heavy atom. The molecular formula is C38H48N10O7. The van der Waals surface area contributed by atoms with Gasteiger partial charge in [-0.2, -0.15) is 0 Å². The van der Waals surface area contributed by atoms with Crippen molar-refractivity contribution in [2.75, 3.05) is 42.6 Å². The van der Waals surface area contributed by atoms with Gasteiger partial charge in [0.15, 0.2) is 5.82 Å². The Morgan fingerprint density at radius 1 is 1.00 bits per heavy atom. The highest BCUT2D eigenvalue weighted by molar-refractivity contribution is 6.17. The molecule has 1 saturated heterocycles. The highest BCUT2D eigenvalue weighted by Gasteiger charge is 2.35. The lowest BCUT2D eigenvalue weighted by Crippen LogP contribution is -2.50. The van der Waals surface area contributed by atoms with Gasteiger partial charge < -0.3 is 30.5 Å². The van der Waals surface area contributed by atoms with Gasteiger partial charge in [0, 0.05) is 49.1 Å². The number of alkyl carbamates (subject to hydrolysis) is 1. The molecule has 0 spiro atoms. The molecule has 5 N–H and O–H groups in total. The standard InChI is InChI=1S/C37H46N10O5.CH2O2/c1-37(2,3)52-36(50)41-21-25-6-10-28(11-7-25)33(48)47(30-14-12-27(13-15-30)32-42-44-45-43-32)34(49)31(38)20-24-4-8-26(9-5-24)29-22-39-35(40-23-29)46-16-18-51-19-17-46;2-1-3/h4-5,8-9,12-15,22-23,25,28,31H,6-7,10-11,16-21,38H2,1-3H3,(H,41,50)(H,42,43,44,45);1H,(H,2,3)/t25-,28-,31-;/m0./s1. The molecule has 1 atom stereocenters. The van der Waals surface area contributed by atoms with Crippen LogP contribution in [0.15, 0.2) is 60.9 Å². The van der Waals surface area contributed by atoms with Gasteiger partial charge in [-0.25, -0.2) is 24.8 Å². The Labute approximate surface area is 319 Å². The molecule has 17 nitrogen and oxygen atoms in total. The molecule has 2 aromatic heterocycles. The number of ether oxygens (including phenoxy) is 2. The molecule has 55 heavy (non-hydrogen) atoms. The van der Waals surface area contributed by atoms with E-state index in [0.29, 0.717) is 55.6 Å². The lowest BCUT2D eigenvalue weighted by atomic mass is 9.81. The molecule has 1 saturated carbocycles. The van der Waals surface area contributed by atoms with Crippen molar-refractivity contribution in [2.24, 2.45) is 17.6 Å². The van der Waals surface area contributed by atoms with Gasteiger partial charge in [0.05, 0.1) is 24.9 Å². The predicted octanol–water partition coefficient (Wildman–Crippen LogP) is 3.62. The van der Waals surface area contributed by atoms with Crippen molar-refractivity contribution < 1.29 is 33.8 Å². The Balaban J connectivity index is 0.00000187. The van der Waals surface area contributed by atoms with Gasteiger partial charge in [-0.1, -0.05) is 24.3 Å². The molecule has 0 bridgehead atoms. The second-order valence-corrected chi connectivity index (χ2v) is 14.4. The maximum Gasteiger partial charge on any atom is 0.407 e. The van der Waals surface area contributed by atoms with Crippen LogP contribution in [0.3, 0.4) is 0 Å². The number of nitrogens with zero attached hydrogens (tertiary/aromatic N) is 7. The molecule has 2 fully saturated rings.